The Bertz CT molecular complexity index is 382. The molecule has 0 aromatic carbocycles. The van der Waals surface area contributed by atoms with Crippen LogP contribution in [0.1, 0.15) is 44.9 Å². The van der Waals surface area contributed by atoms with Crippen molar-refractivity contribution in [1.82, 2.24) is 0 Å². The summed E-state index contributed by atoms with van der Waals surface area (Å²) in [5.41, 5.74) is 0.913. The van der Waals surface area contributed by atoms with Gasteiger partial charge >= 0.3 is 6.18 Å². The Hall–Kier alpha value is -0.960. The highest BCUT2D eigenvalue weighted by Crippen LogP contribution is 2.40. The lowest BCUT2D eigenvalue weighted by molar-refractivity contribution is -0.135. The summed E-state index contributed by atoms with van der Waals surface area (Å²) < 4.78 is 36.5. The van der Waals surface area contributed by atoms with Crippen LogP contribution in [-0.2, 0) is 4.84 Å². The molecule has 0 radical (unpaired) electrons. The van der Waals surface area contributed by atoms with Crippen LogP contribution in [0.3, 0.4) is 0 Å². The first-order chi connectivity index (χ1) is 9.30. The highest BCUT2D eigenvalue weighted by atomic mass is 35.5. The first kappa shape index (κ1) is 17.1. The van der Waals surface area contributed by atoms with Crippen molar-refractivity contribution in [2.45, 2.75) is 56.0 Å². The van der Waals surface area contributed by atoms with Gasteiger partial charge in [0.15, 0.2) is 0 Å². The summed E-state index contributed by atoms with van der Waals surface area (Å²) in [6, 6.07) is 2.01. The molecule has 0 spiro atoms. The topological polar surface area (TPSA) is 45.4 Å². The maximum absolute atomic E-state index is 12.2. The number of hydrogen-bond donors (Lipinski definition) is 0. The zero-order valence-corrected chi connectivity index (χ0v) is 12.1. The van der Waals surface area contributed by atoms with E-state index in [0.29, 0.717) is 25.7 Å². The molecule has 0 aromatic rings. The number of hydrogen-bond acceptors (Lipinski definition) is 3. The Morgan fingerprint density at radius 2 is 1.95 bits per heavy atom. The predicted molar refractivity (Wildman–Crippen MR) is 70.5 cm³/mol. The number of halogens is 4. The molecular weight excluding hydrogens is 293 g/mol. The number of oxime groups is 1. The molecule has 0 bridgehead atoms. The number of rotatable bonds is 5. The smallest absolute Gasteiger partial charge is 0.389 e. The van der Waals surface area contributed by atoms with E-state index in [1.165, 1.54) is 7.11 Å². The van der Waals surface area contributed by atoms with Crippen molar-refractivity contribution < 1.29 is 18.0 Å². The van der Waals surface area contributed by atoms with Gasteiger partial charge in [-0.3, -0.25) is 0 Å². The van der Waals surface area contributed by atoms with Crippen LogP contribution < -0.4 is 0 Å². The normalized spacial score (nSPS) is 22.8. The summed E-state index contributed by atoms with van der Waals surface area (Å²) in [7, 11) is 1.47. The second kappa shape index (κ2) is 7.16. The second-order valence-electron chi connectivity index (χ2n) is 5.06. The van der Waals surface area contributed by atoms with E-state index < -0.39 is 17.5 Å². The van der Waals surface area contributed by atoms with E-state index in [2.05, 4.69) is 5.16 Å². The van der Waals surface area contributed by atoms with Crippen LogP contribution in [0.2, 0.25) is 0 Å². The maximum atomic E-state index is 12.2. The van der Waals surface area contributed by atoms with Gasteiger partial charge in [-0.2, -0.15) is 18.4 Å². The molecule has 0 aliphatic heterocycles. The third-order valence-electron chi connectivity index (χ3n) is 3.62. The lowest BCUT2D eigenvalue weighted by atomic mass is 9.77. The Balaban J connectivity index is 2.53. The summed E-state index contributed by atoms with van der Waals surface area (Å²) in [5.74, 6) is -0.0989. The van der Waals surface area contributed by atoms with Crippen LogP contribution in [0.25, 0.3) is 0 Å². The fourth-order valence-electron chi connectivity index (χ4n) is 2.53. The fraction of sp³-hybridized carbons (Fsp3) is 0.846. The van der Waals surface area contributed by atoms with Gasteiger partial charge in [0.2, 0.25) is 0 Å². The molecule has 0 aromatic heterocycles. The quantitative estimate of drug-likeness (QED) is 0.557. The van der Waals surface area contributed by atoms with E-state index in [4.69, 9.17) is 16.4 Å². The molecule has 0 amide bonds. The summed E-state index contributed by atoms with van der Waals surface area (Å²) in [5, 5.41) is 13.1. The van der Waals surface area contributed by atoms with E-state index in [1.54, 1.807) is 0 Å². The third-order valence-corrected chi connectivity index (χ3v) is 4.20. The molecule has 3 nitrogen and oxygen atoms in total. The van der Waals surface area contributed by atoms with Crippen LogP contribution in [0.4, 0.5) is 13.2 Å². The van der Waals surface area contributed by atoms with Gasteiger partial charge in [-0.15, -0.1) is 11.6 Å². The van der Waals surface area contributed by atoms with Crippen LogP contribution in [-0.4, -0.2) is 23.9 Å². The van der Waals surface area contributed by atoms with Crippen LogP contribution in [0, 0.1) is 17.2 Å². The van der Waals surface area contributed by atoms with Crippen molar-refractivity contribution >= 4 is 17.3 Å². The van der Waals surface area contributed by atoms with Gasteiger partial charge in [0.25, 0.3) is 0 Å². The summed E-state index contributed by atoms with van der Waals surface area (Å²) in [6.07, 6.45) is -2.48. The molecule has 0 N–H and O–H groups in total. The minimum Gasteiger partial charge on any atom is -0.399 e. The zero-order chi connectivity index (χ0) is 15.2. The highest BCUT2D eigenvalue weighted by Gasteiger charge is 2.39. The van der Waals surface area contributed by atoms with Crippen LogP contribution in [0.15, 0.2) is 5.16 Å². The van der Waals surface area contributed by atoms with Crippen molar-refractivity contribution in [3.8, 4) is 6.07 Å². The molecular formula is C13H18ClF3N2O. The Labute approximate surface area is 121 Å². The molecule has 114 valence electrons. The van der Waals surface area contributed by atoms with Gasteiger partial charge in [0, 0.05) is 6.42 Å². The number of nitrogens with zero attached hydrogens (tertiary/aromatic N) is 2. The molecule has 7 heteroatoms. The second-order valence-corrected chi connectivity index (χ2v) is 5.73. The third kappa shape index (κ3) is 5.20. The molecule has 20 heavy (non-hydrogen) atoms. The summed E-state index contributed by atoms with van der Waals surface area (Å²) in [6.45, 7) is 0. The van der Waals surface area contributed by atoms with Gasteiger partial charge in [-0.1, -0.05) is 5.16 Å². The lowest BCUT2D eigenvalue weighted by Crippen LogP contribution is -2.34. The summed E-state index contributed by atoms with van der Waals surface area (Å²) in [4.78, 5) is 3.49. The lowest BCUT2D eigenvalue weighted by Gasteiger charge is -2.32. The summed E-state index contributed by atoms with van der Waals surface area (Å²) >= 11 is 6.26. The number of nitriles is 1. The number of alkyl halides is 4. The monoisotopic (exact) mass is 310 g/mol. The van der Waals surface area contributed by atoms with Gasteiger partial charge in [0.1, 0.15) is 12.0 Å². The van der Waals surface area contributed by atoms with Gasteiger partial charge < -0.3 is 4.84 Å². The molecule has 1 aliphatic rings. The predicted octanol–water partition coefficient (Wildman–Crippen LogP) is 4.41. The molecule has 1 atom stereocenters. The van der Waals surface area contributed by atoms with E-state index in [0.717, 1.165) is 5.71 Å². The highest BCUT2D eigenvalue weighted by molar-refractivity contribution is 6.26. The Kier molecular flexibility index (Phi) is 6.12. The SMILES string of the molecule is CON=C1CCC(C(Cl)(C#N)CCCC(F)(F)F)CC1. The largest absolute Gasteiger partial charge is 0.399 e. The minimum atomic E-state index is -4.20. The first-order valence-corrected chi connectivity index (χ1v) is 6.94. The minimum absolute atomic E-state index is 0.0615. The molecule has 0 saturated heterocycles. The average molecular weight is 311 g/mol. The zero-order valence-electron chi connectivity index (χ0n) is 11.3. The fourth-order valence-corrected chi connectivity index (χ4v) is 2.88. The van der Waals surface area contributed by atoms with E-state index in [9.17, 15) is 18.4 Å². The van der Waals surface area contributed by atoms with E-state index >= 15 is 0 Å². The van der Waals surface area contributed by atoms with Crippen molar-refractivity contribution in [2.75, 3.05) is 7.11 Å². The van der Waals surface area contributed by atoms with E-state index in [1.807, 2.05) is 6.07 Å². The molecule has 1 saturated carbocycles. The molecule has 1 fully saturated rings. The van der Waals surface area contributed by atoms with Crippen molar-refractivity contribution in [3.05, 3.63) is 0 Å². The van der Waals surface area contributed by atoms with Crippen molar-refractivity contribution in [1.29, 1.82) is 5.26 Å². The van der Waals surface area contributed by atoms with Gasteiger partial charge in [-0.25, -0.2) is 0 Å². The van der Waals surface area contributed by atoms with Crippen LogP contribution in [0.5, 0.6) is 0 Å². The molecule has 1 unspecified atom stereocenters. The van der Waals surface area contributed by atoms with Crippen LogP contribution >= 0.6 is 11.6 Å². The Morgan fingerprint density at radius 1 is 1.35 bits per heavy atom. The first-order valence-electron chi connectivity index (χ1n) is 6.56. The van der Waals surface area contributed by atoms with Gasteiger partial charge in [-0.05, 0) is 44.4 Å². The van der Waals surface area contributed by atoms with Crippen molar-refractivity contribution in [2.24, 2.45) is 11.1 Å². The average Bonchev–Trinajstić information content (AvgIpc) is 2.38. The molecule has 1 rings (SSSR count). The molecule has 0 heterocycles. The maximum Gasteiger partial charge on any atom is 0.389 e. The van der Waals surface area contributed by atoms with E-state index in [-0.39, 0.29) is 18.8 Å². The molecule has 1 aliphatic carbocycles. The van der Waals surface area contributed by atoms with Gasteiger partial charge in [0.05, 0.1) is 11.8 Å². The Morgan fingerprint density at radius 3 is 2.40 bits per heavy atom. The van der Waals surface area contributed by atoms with Crippen molar-refractivity contribution in [3.63, 3.8) is 0 Å². The standard InChI is InChI=1S/C13H18ClF3N2O/c1-20-19-11-5-3-10(4-6-11)12(14,9-18)7-2-8-13(15,16)17/h10H,2-8H2,1H3.